The fraction of sp³-hybridized carbons (Fsp3) is 0.947. The number of ether oxygens (including phenoxy) is 2. The van der Waals surface area contributed by atoms with Gasteiger partial charge in [0.2, 0.25) is 0 Å². The van der Waals surface area contributed by atoms with Gasteiger partial charge in [0.15, 0.2) is 0 Å². The molecule has 4 aliphatic carbocycles. The third kappa shape index (κ3) is 1.75. The second-order valence-electron chi connectivity index (χ2n) is 8.94. The smallest absolute Gasteiger partial charge is 0.309 e. The molecule has 1 heterocycles. The van der Waals surface area contributed by atoms with Crippen LogP contribution in [0, 0.1) is 46.8 Å². The first-order valence-corrected chi connectivity index (χ1v) is 9.45. The Hall–Kier alpha value is -0.570. The molecule has 3 nitrogen and oxygen atoms in total. The molecule has 7 atom stereocenters. The summed E-state index contributed by atoms with van der Waals surface area (Å²) in [5, 5.41) is 0. The molecule has 4 bridgehead atoms. The highest BCUT2D eigenvalue weighted by atomic mass is 16.5. The van der Waals surface area contributed by atoms with E-state index in [2.05, 4.69) is 6.92 Å². The Bertz CT molecular complexity index is 478. The highest BCUT2D eigenvalue weighted by molar-refractivity contribution is 5.73. The number of hydrogen-bond acceptors (Lipinski definition) is 3. The van der Waals surface area contributed by atoms with E-state index in [0.29, 0.717) is 12.5 Å². The summed E-state index contributed by atoms with van der Waals surface area (Å²) < 4.78 is 11.1. The molecule has 0 N–H and O–H groups in total. The normalized spacial score (nSPS) is 50.0. The van der Waals surface area contributed by atoms with E-state index in [1.165, 1.54) is 25.7 Å². The van der Waals surface area contributed by atoms with Gasteiger partial charge < -0.3 is 9.47 Å². The molecule has 5 fully saturated rings. The third-order valence-corrected chi connectivity index (χ3v) is 8.12. The summed E-state index contributed by atoms with van der Waals surface area (Å²) in [6.07, 6.45) is 7.88. The number of rotatable bonds is 4. The first kappa shape index (κ1) is 13.8. The van der Waals surface area contributed by atoms with Gasteiger partial charge in [0.1, 0.15) is 6.61 Å². The van der Waals surface area contributed by atoms with Crippen LogP contribution in [0.25, 0.3) is 0 Å². The molecule has 22 heavy (non-hydrogen) atoms. The number of carbonyl (C=O) groups is 1. The second-order valence-corrected chi connectivity index (χ2v) is 8.94. The lowest BCUT2D eigenvalue weighted by Crippen LogP contribution is -2.47. The molecule has 0 amide bonds. The quantitative estimate of drug-likeness (QED) is 0.590. The molecule has 4 saturated carbocycles. The Labute approximate surface area is 133 Å². The average Bonchev–Trinajstić information content (AvgIpc) is 3.24. The van der Waals surface area contributed by atoms with Gasteiger partial charge >= 0.3 is 5.97 Å². The van der Waals surface area contributed by atoms with Crippen LogP contribution in [0.3, 0.4) is 0 Å². The maximum absolute atomic E-state index is 12.7. The highest BCUT2D eigenvalue weighted by Crippen LogP contribution is 2.68. The van der Waals surface area contributed by atoms with Crippen molar-refractivity contribution in [3.05, 3.63) is 0 Å². The van der Waals surface area contributed by atoms with Crippen LogP contribution in [0.15, 0.2) is 0 Å². The van der Waals surface area contributed by atoms with Crippen LogP contribution in [-0.4, -0.2) is 25.8 Å². The van der Waals surface area contributed by atoms with E-state index in [4.69, 9.17) is 9.47 Å². The van der Waals surface area contributed by atoms with Gasteiger partial charge in [-0.2, -0.15) is 0 Å². The Morgan fingerprint density at radius 1 is 1.09 bits per heavy atom. The summed E-state index contributed by atoms with van der Waals surface area (Å²) >= 11 is 0. The van der Waals surface area contributed by atoms with Crippen LogP contribution in [0.4, 0.5) is 0 Å². The Morgan fingerprint density at radius 3 is 2.55 bits per heavy atom. The van der Waals surface area contributed by atoms with E-state index >= 15 is 0 Å². The number of hydrogen-bond donors (Lipinski definition) is 0. The molecule has 5 aliphatic rings. The summed E-state index contributed by atoms with van der Waals surface area (Å²) in [6.45, 7) is 4.29. The summed E-state index contributed by atoms with van der Waals surface area (Å²) in [7, 11) is 0. The van der Waals surface area contributed by atoms with Gasteiger partial charge in [-0.3, -0.25) is 4.79 Å². The van der Waals surface area contributed by atoms with E-state index in [9.17, 15) is 4.79 Å². The SMILES string of the molecule is CCC1(COC(=O)C2CC3CC2C2C4CCC(C4)C32)COC1. The van der Waals surface area contributed by atoms with Crippen LogP contribution >= 0.6 is 0 Å². The van der Waals surface area contributed by atoms with Gasteiger partial charge in [0.05, 0.1) is 24.5 Å². The molecule has 0 aromatic heterocycles. The lowest BCUT2D eigenvalue weighted by Gasteiger charge is -2.41. The number of fused-ring (bicyclic) bond motifs is 9. The minimum atomic E-state index is 0.119. The molecular formula is C19H28O3. The van der Waals surface area contributed by atoms with E-state index in [-0.39, 0.29) is 17.3 Å². The monoisotopic (exact) mass is 304 g/mol. The Kier molecular flexibility index (Phi) is 2.97. The summed E-state index contributed by atoms with van der Waals surface area (Å²) in [5.41, 5.74) is 0.127. The molecule has 0 aromatic rings. The minimum absolute atomic E-state index is 0.119. The van der Waals surface area contributed by atoms with Crippen LogP contribution in [0.1, 0.15) is 45.4 Å². The van der Waals surface area contributed by atoms with Crippen LogP contribution in [0.5, 0.6) is 0 Å². The first-order valence-electron chi connectivity index (χ1n) is 9.45. The van der Waals surface area contributed by atoms with E-state index in [0.717, 1.165) is 55.6 Å². The Balaban J connectivity index is 1.25. The number of carbonyl (C=O) groups excluding carboxylic acids is 1. The molecule has 122 valence electrons. The topological polar surface area (TPSA) is 35.5 Å². The van der Waals surface area contributed by atoms with Crippen molar-refractivity contribution in [2.45, 2.75) is 45.4 Å². The molecule has 5 rings (SSSR count). The lowest BCUT2D eigenvalue weighted by molar-refractivity contribution is -0.176. The molecule has 0 radical (unpaired) electrons. The zero-order chi connectivity index (χ0) is 14.9. The van der Waals surface area contributed by atoms with Crippen molar-refractivity contribution in [3.8, 4) is 0 Å². The highest BCUT2D eigenvalue weighted by Gasteiger charge is 2.63. The van der Waals surface area contributed by atoms with E-state index in [1.54, 1.807) is 0 Å². The van der Waals surface area contributed by atoms with Crippen molar-refractivity contribution in [1.82, 2.24) is 0 Å². The lowest BCUT2D eigenvalue weighted by atomic mass is 9.67. The van der Waals surface area contributed by atoms with Gasteiger partial charge in [-0.1, -0.05) is 6.92 Å². The van der Waals surface area contributed by atoms with Gasteiger partial charge in [0, 0.05) is 0 Å². The molecule has 3 heteroatoms. The maximum atomic E-state index is 12.7. The molecule has 7 unspecified atom stereocenters. The molecule has 1 aliphatic heterocycles. The van der Waals surface area contributed by atoms with Crippen LogP contribution in [-0.2, 0) is 14.3 Å². The van der Waals surface area contributed by atoms with E-state index < -0.39 is 0 Å². The fourth-order valence-corrected chi connectivity index (χ4v) is 6.95. The Morgan fingerprint density at radius 2 is 1.86 bits per heavy atom. The molecular weight excluding hydrogens is 276 g/mol. The second kappa shape index (κ2) is 4.72. The minimum Gasteiger partial charge on any atom is -0.465 e. The van der Waals surface area contributed by atoms with Gasteiger partial charge in [0.25, 0.3) is 0 Å². The first-order chi connectivity index (χ1) is 10.7. The maximum Gasteiger partial charge on any atom is 0.309 e. The standard InChI is InChI=1S/C19H28O3/c1-2-19(8-21-9-19)10-22-18(20)15-7-13-6-14(15)17-12-4-3-11(5-12)16(13)17/h11-17H,2-10H2,1H3. The number of esters is 1. The van der Waals surface area contributed by atoms with Crippen molar-refractivity contribution in [2.24, 2.45) is 46.8 Å². The largest absolute Gasteiger partial charge is 0.465 e. The predicted octanol–water partition coefficient (Wildman–Crippen LogP) is 3.27. The van der Waals surface area contributed by atoms with Crippen molar-refractivity contribution < 1.29 is 14.3 Å². The summed E-state index contributed by atoms with van der Waals surface area (Å²) in [4.78, 5) is 12.7. The van der Waals surface area contributed by atoms with E-state index in [1.807, 2.05) is 0 Å². The fourth-order valence-electron chi connectivity index (χ4n) is 6.95. The predicted molar refractivity (Wildman–Crippen MR) is 82.0 cm³/mol. The summed E-state index contributed by atoms with van der Waals surface area (Å²) in [5.74, 6) is 5.66. The van der Waals surface area contributed by atoms with Crippen molar-refractivity contribution in [3.63, 3.8) is 0 Å². The van der Waals surface area contributed by atoms with Gasteiger partial charge in [-0.15, -0.1) is 0 Å². The molecule has 0 aromatic carbocycles. The van der Waals surface area contributed by atoms with Gasteiger partial charge in [-0.05, 0) is 74.0 Å². The van der Waals surface area contributed by atoms with Crippen molar-refractivity contribution in [1.29, 1.82) is 0 Å². The third-order valence-electron chi connectivity index (χ3n) is 8.12. The van der Waals surface area contributed by atoms with Crippen molar-refractivity contribution in [2.75, 3.05) is 19.8 Å². The van der Waals surface area contributed by atoms with Crippen LogP contribution in [0.2, 0.25) is 0 Å². The average molecular weight is 304 g/mol. The zero-order valence-electron chi connectivity index (χ0n) is 13.6. The summed E-state index contributed by atoms with van der Waals surface area (Å²) in [6, 6.07) is 0. The molecule has 1 saturated heterocycles. The molecule has 0 spiro atoms. The van der Waals surface area contributed by atoms with Crippen LogP contribution < -0.4 is 0 Å². The van der Waals surface area contributed by atoms with Gasteiger partial charge in [-0.25, -0.2) is 0 Å². The zero-order valence-corrected chi connectivity index (χ0v) is 13.6. The van der Waals surface area contributed by atoms with Crippen molar-refractivity contribution >= 4 is 5.97 Å².